The van der Waals surface area contributed by atoms with Crippen LogP contribution in [-0.2, 0) is 16.6 Å². The Morgan fingerprint density at radius 1 is 1.03 bits per heavy atom. The molecule has 34 heavy (non-hydrogen) atoms. The van der Waals surface area contributed by atoms with Crippen LogP contribution in [0.15, 0.2) is 77.6 Å². The summed E-state index contributed by atoms with van der Waals surface area (Å²) in [7, 11) is -4.02. The van der Waals surface area contributed by atoms with E-state index in [1.165, 1.54) is 12.1 Å². The van der Waals surface area contributed by atoms with E-state index in [9.17, 15) is 17.2 Å². The summed E-state index contributed by atoms with van der Waals surface area (Å²) < 4.78 is 57.6. The minimum atomic E-state index is -4.02. The first kappa shape index (κ1) is 23.4. The van der Waals surface area contributed by atoms with Crippen LogP contribution < -0.4 is 10.0 Å². The lowest BCUT2D eigenvalue weighted by molar-refractivity contribution is 0.577. The molecule has 0 amide bonds. The second kappa shape index (κ2) is 9.23. The van der Waals surface area contributed by atoms with E-state index in [1.807, 2.05) is 18.2 Å². The van der Waals surface area contributed by atoms with Crippen molar-refractivity contribution in [1.82, 2.24) is 4.72 Å². The molecular weight excluding hydrogens is 456 g/mol. The summed E-state index contributed by atoms with van der Waals surface area (Å²) in [6.45, 7) is 9.34. The van der Waals surface area contributed by atoms with Gasteiger partial charge in [-0.15, -0.1) is 0 Å². The molecule has 3 aromatic rings. The first-order valence-electron chi connectivity index (χ1n) is 10.5. The Hall–Kier alpha value is -3.78. The second-order valence-electron chi connectivity index (χ2n) is 7.84. The van der Waals surface area contributed by atoms with E-state index >= 15 is 0 Å². The number of aliphatic imine (C=N–C) groups is 1. The third kappa shape index (κ3) is 4.36. The van der Waals surface area contributed by atoms with Gasteiger partial charge in [0.1, 0.15) is 16.5 Å². The largest absolute Gasteiger partial charge is 0.324 e. The number of nitrogens with zero attached hydrogens (tertiary/aromatic N) is 1. The van der Waals surface area contributed by atoms with Crippen molar-refractivity contribution in [2.75, 3.05) is 5.32 Å². The van der Waals surface area contributed by atoms with Gasteiger partial charge >= 0.3 is 0 Å². The summed E-state index contributed by atoms with van der Waals surface area (Å²) in [5.74, 6) is -1.94. The Kier molecular flexibility index (Phi) is 6.34. The molecule has 0 bridgehead atoms. The highest BCUT2D eigenvalue weighted by molar-refractivity contribution is 7.90. The van der Waals surface area contributed by atoms with Crippen molar-refractivity contribution in [2.45, 2.75) is 24.3 Å². The number of benzene rings is 3. The topological polar surface area (TPSA) is 70.6 Å². The van der Waals surface area contributed by atoms with Gasteiger partial charge < -0.3 is 5.32 Å². The monoisotopic (exact) mass is 483 g/mol. The van der Waals surface area contributed by atoms with Gasteiger partial charge in [0.15, 0.2) is 0 Å². The van der Waals surface area contributed by atoms with Crippen molar-refractivity contribution in [2.24, 2.45) is 4.99 Å². The lowest BCUT2D eigenvalue weighted by atomic mass is 9.91. The molecule has 3 aromatic carbocycles. The average Bonchev–Trinajstić information content (AvgIpc) is 2.81. The minimum absolute atomic E-state index is 0. The van der Waals surface area contributed by atoms with Crippen molar-refractivity contribution < 1.29 is 20.1 Å². The van der Waals surface area contributed by atoms with E-state index in [0.29, 0.717) is 0 Å². The van der Waals surface area contributed by atoms with E-state index in [0.717, 1.165) is 22.8 Å². The molecule has 178 valence electrons. The molecule has 2 N–H and O–H groups in total. The summed E-state index contributed by atoms with van der Waals surface area (Å²) in [5.41, 5.74) is 2.95. The Morgan fingerprint density at radius 3 is 2.47 bits per heavy atom. The van der Waals surface area contributed by atoms with Gasteiger partial charge in [-0.1, -0.05) is 62.6 Å². The average molecular weight is 484 g/mol. The molecule has 8 heteroatoms. The zero-order valence-electron chi connectivity index (χ0n) is 18.5. The van der Waals surface area contributed by atoms with Gasteiger partial charge in [-0.3, -0.25) is 0 Å². The quantitative estimate of drug-likeness (QED) is 0.441. The van der Waals surface area contributed by atoms with Gasteiger partial charge in [-0.05, 0) is 46.5 Å². The van der Waals surface area contributed by atoms with Crippen molar-refractivity contribution >= 4 is 33.8 Å². The Balaban J connectivity index is 0.00000228. The first-order valence-corrected chi connectivity index (χ1v) is 12.0. The molecule has 0 saturated carbocycles. The number of anilines is 1. The summed E-state index contributed by atoms with van der Waals surface area (Å²) in [6, 6.07) is 13.9. The summed E-state index contributed by atoms with van der Waals surface area (Å²) in [5, 5.41) is 2.91. The number of rotatable bonds is 6. The van der Waals surface area contributed by atoms with E-state index in [1.54, 1.807) is 37.3 Å². The maximum Gasteiger partial charge on any atom is 0.266 e. The zero-order valence-corrected chi connectivity index (χ0v) is 19.3. The Labute approximate surface area is 200 Å². The van der Waals surface area contributed by atoms with Crippen molar-refractivity contribution in [1.29, 1.82) is 0 Å². The molecule has 0 unspecified atom stereocenters. The van der Waals surface area contributed by atoms with E-state index < -0.39 is 27.6 Å². The zero-order chi connectivity index (χ0) is 24.5. The van der Waals surface area contributed by atoms with Crippen LogP contribution in [0.2, 0.25) is 0 Å². The number of halogens is 2. The molecule has 0 radical (unpaired) electrons. The highest BCUT2D eigenvalue weighted by atomic mass is 32.2. The number of sulfonamides is 1. The number of nitrogens with one attached hydrogen (secondary N) is 2. The van der Waals surface area contributed by atoms with Crippen LogP contribution in [0.1, 0.15) is 43.5 Å². The standard InChI is InChI=1S/C26H23F2N3O2S.2H2/c1-4-18-11-10-17(14-19(18)5-2)15-29-26-30-25-23(34(32,33)31-26)13-12-22(28)24(25)16(3)20-8-6-7-9-21(20)27;;/h4-14,16H,1-2,15H2,3H3,(H2,29,30,31);2*1H/t16-;;/m0../s1. The highest BCUT2D eigenvalue weighted by Gasteiger charge is 2.32. The number of fused-ring (bicyclic) bond motifs is 1. The summed E-state index contributed by atoms with van der Waals surface area (Å²) in [6.07, 6.45) is 3.41. The van der Waals surface area contributed by atoms with Crippen LogP contribution in [0.4, 0.5) is 14.5 Å². The van der Waals surface area contributed by atoms with Crippen LogP contribution >= 0.6 is 0 Å². The van der Waals surface area contributed by atoms with Gasteiger partial charge in [-0.25, -0.2) is 26.9 Å². The number of hydrogen-bond donors (Lipinski definition) is 2. The van der Waals surface area contributed by atoms with Crippen LogP contribution in [0.3, 0.4) is 0 Å². The SMILES string of the molecule is C=Cc1ccc(CN=C2Nc3c(ccc(F)c3[C@@H](C)c3ccccc3F)S(=O)(=O)N2)cc1C=C.[HH].[HH]. The third-order valence-electron chi connectivity index (χ3n) is 5.73. The summed E-state index contributed by atoms with van der Waals surface area (Å²) >= 11 is 0. The van der Waals surface area contributed by atoms with E-state index in [-0.39, 0.29) is 37.1 Å². The highest BCUT2D eigenvalue weighted by Crippen LogP contribution is 2.38. The lowest BCUT2D eigenvalue weighted by Crippen LogP contribution is -2.41. The van der Waals surface area contributed by atoms with Crippen molar-refractivity contribution in [3.05, 3.63) is 107 Å². The third-order valence-corrected chi connectivity index (χ3v) is 7.11. The van der Waals surface area contributed by atoms with Gasteiger partial charge in [0.2, 0.25) is 5.96 Å². The van der Waals surface area contributed by atoms with Crippen LogP contribution in [-0.4, -0.2) is 14.4 Å². The molecule has 1 atom stereocenters. The Morgan fingerprint density at radius 2 is 1.76 bits per heavy atom. The van der Waals surface area contributed by atoms with Gasteiger partial charge in [0.25, 0.3) is 10.0 Å². The molecule has 0 spiro atoms. The fourth-order valence-corrected chi connectivity index (χ4v) is 5.14. The molecule has 1 heterocycles. The lowest BCUT2D eigenvalue weighted by Gasteiger charge is -2.26. The number of guanidine groups is 1. The molecule has 0 aromatic heterocycles. The van der Waals surface area contributed by atoms with E-state index in [2.05, 4.69) is 28.2 Å². The van der Waals surface area contributed by atoms with Crippen LogP contribution in [0.25, 0.3) is 12.2 Å². The maximum absolute atomic E-state index is 15.0. The van der Waals surface area contributed by atoms with Gasteiger partial charge in [-0.2, -0.15) is 0 Å². The molecule has 4 rings (SSSR count). The smallest absolute Gasteiger partial charge is 0.266 e. The van der Waals surface area contributed by atoms with E-state index in [4.69, 9.17) is 0 Å². The summed E-state index contributed by atoms with van der Waals surface area (Å²) in [4.78, 5) is 4.23. The molecule has 5 nitrogen and oxygen atoms in total. The van der Waals surface area contributed by atoms with Crippen molar-refractivity contribution in [3.63, 3.8) is 0 Å². The minimum Gasteiger partial charge on any atom is -0.324 e. The number of hydrogen-bond acceptors (Lipinski definition) is 3. The van der Waals surface area contributed by atoms with Gasteiger partial charge in [0.05, 0.1) is 12.2 Å². The molecular formula is C26H27F2N3O2S. The predicted molar refractivity (Wildman–Crippen MR) is 136 cm³/mol. The molecule has 0 fully saturated rings. The predicted octanol–water partition coefficient (Wildman–Crippen LogP) is 6.15. The Bertz CT molecular complexity index is 1440. The second-order valence-corrected chi connectivity index (χ2v) is 9.50. The van der Waals surface area contributed by atoms with Crippen molar-refractivity contribution in [3.8, 4) is 0 Å². The van der Waals surface area contributed by atoms with Crippen LogP contribution in [0, 0.1) is 11.6 Å². The fraction of sp³-hybridized carbons (Fsp3) is 0.115. The molecule has 0 saturated heterocycles. The maximum atomic E-state index is 15.0. The first-order chi connectivity index (χ1) is 16.2. The molecule has 0 aliphatic carbocycles. The molecule has 1 aliphatic heterocycles. The van der Waals surface area contributed by atoms with Gasteiger partial charge in [0, 0.05) is 14.3 Å². The molecule has 1 aliphatic rings. The normalized spacial score (nSPS) is 16.1. The van der Waals surface area contributed by atoms with Crippen LogP contribution in [0.5, 0.6) is 0 Å². The fourth-order valence-electron chi connectivity index (χ4n) is 3.99.